The van der Waals surface area contributed by atoms with Gasteiger partial charge in [0.05, 0.1) is 0 Å². The van der Waals surface area contributed by atoms with E-state index in [9.17, 15) is 0 Å². The van der Waals surface area contributed by atoms with E-state index >= 15 is 0 Å². The monoisotopic (exact) mass is 609 g/mol. The van der Waals surface area contributed by atoms with Gasteiger partial charge in [0, 0.05) is 12.5 Å². The van der Waals surface area contributed by atoms with Gasteiger partial charge in [0.2, 0.25) is 0 Å². The minimum absolute atomic E-state index is 0. The number of hydrogen-bond acceptors (Lipinski definition) is 1. The number of hydrogen-bond donors (Lipinski definition) is 0. The van der Waals surface area contributed by atoms with Crippen molar-refractivity contribution in [1.82, 2.24) is 0 Å². The maximum Gasteiger partial charge on any atom is 3.00 e. The van der Waals surface area contributed by atoms with Crippen molar-refractivity contribution in [2.75, 3.05) is 6.61 Å². The van der Waals surface area contributed by atoms with Gasteiger partial charge in [-0.1, -0.05) is 82.6 Å². The van der Waals surface area contributed by atoms with E-state index in [1.807, 2.05) is 0 Å². The average Bonchev–Trinajstić information content (AvgIpc) is 3.33. The molecule has 3 aromatic rings. The van der Waals surface area contributed by atoms with Crippen LogP contribution in [0.15, 0.2) is 66.2 Å². The molecule has 0 N–H and O–H groups in total. The quantitative estimate of drug-likeness (QED) is 0.174. The minimum Gasteiger partial charge on any atom is -1.00 e. The number of rotatable bonds is 6. The van der Waals surface area contributed by atoms with Crippen LogP contribution in [0.1, 0.15) is 54.9 Å². The first-order valence-corrected chi connectivity index (χ1v) is 15.5. The Kier molecular flexibility index (Phi) is 10.8. The van der Waals surface area contributed by atoms with Gasteiger partial charge in [-0.3, -0.25) is 0 Å². The zero-order chi connectivity index (χ0) is 23.2. The summed E-state index contributed by atoms with van der Waals surface area (Å²) in [5.41, 5.74) is 8.34. The summed E-state index contributed by atoms with van der Waals surface area (Å²) in [6, 6.07) is 22.2. The Morgan fingerprint density at radius 3 is 2.31 bits per heavy atom. The third-order valence-corrected chi connectivity index (χ3v) is 7.78. The van der Waals surface area contributed by atoms with Crippen LogP contribution in [-0.2, 0) is 30.6 Å². The Morgan fingerprint density at radius 1 is 0.889 bits per heavy atom. The zero-order valence-electron chi connectivity index (χ0n) is 21.7. The van der Waals surface area contributed by atoms with Gasteiger partial charge in [-0.05, 0) is 57.5 Å². The van der Waals surface area contributed by atoms with Crippen LogP contribution in [-0.4, -0.2) is 14.9 Å². The van der Waals surface area contributed by atoms with Gasteiger partial charge in [0.15, 0.2) is 8.32 Å². The summed E-state index contributed by atoms with van der Waals surface area (Å²) in [4.78, 5) is 0. The Morgan fingerprint density at radius 2 is 1.58 bits per heavy atom. The summed E-state index contributed by atoms with van der Waals surface area (Å²) in [5.74, 6) is 0.273. The molecule has 0 bridgehead atoms. The van der Waals surface area contributed by atoms with E-state index < -0.39 is 8.32 Å². The second-order valence-corrected chi connectivity index (χ2v) is 15.0. The van der Waals surface area contributed by atoms with Crippen LogP contribution in [0.5, 0.6) is 0 Å². The summed E-state index contributed by atoms with van der Waals surface area (Å²) in [6.45, 7) is 12.1. The summed E-state index contributed by atoms with van der Waals surface area (Å²) in [5, 5.41) is 5.19. The summed E-state index contributed by atoms with van der Waals surface area (Å²) in [6.07, 6.45) is 8.35. The molecule has 1 nitrogen and oxygen atoms in total. The first-order valence-electron chi connectivity index (χ1n) is 12.1. The number of allylic oxidation sites excluding steroid dienone is 1. The summed E-state index contributed by atoms with van der Waals surface area (Å²) < 4.78 is 6.18. The van der Waals surface area contributed by atoms with E-state index in [1.54, 1.807) is 0 Å². The van der Waals surface area contributed by atoms with Crippen molar-refractivity contribution in [2.24, 2.45) is 0 Å². The molecule has 0 fully saturated rings. The largest absolute Gasteiger partial charge is 3.00 e. The summed E-state index contributed by atoms with van der Waals surface area (Å²) in [7, 11) is -1.49. The number of fused-ring (bicyclic) bond motifs is 3. The van der Waals surface area contributed by atoms with Crippen molar-refractivity contribution in [3.63, 3.8) is 0 Å². The molecule has 0 saturated heterocycles. The second-order valence-electron chi connectivity index (χ2n) is 10.5. The molecule has 0 aromatic heterocycles. The van der Waals surface area contributed by atoms with Gasteiger partial charge in [-0.25, -0.2) is 0 Å². The van der Waals surface area contributed by atoms with Crippen LogP contribution in [0.25, 0.3) is 17.7 Å². The molecule has 1 radical (unpaired) electrons. The van der Waals surface area contributed by atoms with Gasteiger partial charge in [0.1, 0.15) is 0 Å². The van der Waals surface area contributed by atoms with Crippen LogP contribution in [0.4, 0.5) is 0 Å². The number of benzene rings is 3. The van der Waals surface area contributed by atoms with Gasteiger partial charge >= 0.3 is 26.2 Å². The minimum atomic E-state index is -1.49. The summed E-state index contributed by atoms with van der Waals surface area (Å²) >= 11 is 0. The molecule has 2 aliphatic rings. The smallest absolute Gasteiger partial charge is 1.00 e. The molecule has 0 saturated carbocycles. The van der Waals surface area contributed by atoms with E-state index in [4.69, 9.17) is 4.43 Å². The van der Waals surface area contributed by atoms with Crippen LogP contribution in [0, 0.1) is 10.4 Å². The maximum atomic E-state index is 6.18. The molecular formula is C31H33Cl2OSiZr. The average molecular weight is 612 g/mol. The number of halogens is 2. The molecule has 1 atom stereocenters. The molecule has 185 valence electrons. The molecule has 0 spiro atoms. The van der Waals surface area contributed by atoms with Crippen molar-refractivity contribution < 1.29 is 55.4 Å². The SMILES string of the molecule is CC(C)=c1ccc2c(c1C1C(CCCO[Si](C)(C)C)=Cc3ccccc31)[C-]=c1ccccc1=2.[Cl-].[Cl-].[Zr+3]. The first kappa shape index (κ1) is 31.0. The van der Waals surface area contributed by atoms with Crippen LogP contribution in [0.2, 0.25) is 19.6 Å². The molecular weight excluding hydrogens is 579 g/mol. The van der Waals surface area contributed by atoms with Crippen LogP contribution >= 0.6 is 0 Å². The Balaban J connectivity index is 0.00000152. The molecule has 5 rings (SSSR count). The van der Waals surface area contributed by atoms with E-state index in [1.165, 1.54) is 54.3 Å². The Bertz CT molecular complexity index is 1480. The van der Waals surface area contributed by atoms with Crippen molar-refractivity contribution in [3.05, 3.63) is 109 Å². The fourth-order valence-electron chi connectivity index (χ4n) is 5.28. The van der Waals surface area contributed by atoms with Crippen molar-refractivity contribution in [2.45, 2.75) is 52.2 Å². The first-order chi connectivity index (χ1) is 15.8. The van der Waals surface area contributed by atoms with Gasteiger partial charge in [-0.15, -0.1) is 33.4 Å². The normalized spacial score (nSPS) is 14.7. The molecule has 0 amide bonds. The molecule has 5 heteroatoms. The third kappa shape index (κ3) is 6.08. The van der Waals surface area contributed by atoms with Gasteiger partial charge < -0.3 is 29.2 Å². The van der Waals surface area contributed by atoms with Crippen molar-refractivity contribution >= 4 is 26.0 Å². The van der Waals surface area contributed by atoms with Gasteiger partial charge in [0.25, 0.3) is 0 Å². The predicted molar refractivity (Wildman–Crippen MR) is 142 cm³/mol. The van der Waals surface area contributed by atoms with Crippen molar-refractivity contribution in [1.29, 1.82) is 0 Å². The zero-order valence-corrected chi connectivity index (χ0v) is 26.7. The van der Waals surface area contributed by atoms with E-state index in [0.717, 1.165) is 19.4 Å². The fourth-order valence-corrected chi connectivity index (χ4v) is 6.03. The topological polar surface area (TPSA) is 9.23 Å². The van der Waals surface area contributed by atoms with Crippen molar-refractivity contribution in [3.8, 4) is 0 Å². The standard InChI is InChI=1S/C31H33OSi.2ClH.Zr/c1-21(2)25-16-17-28-26-14-8-6-12-23(26)20-29(28)31(25)30-24(13-10-18-32-33(3,4)5)19-22-11-7-9-15-27(22)30;;;/h6-9,11-12,14-17,19,30H,10,13,18H2,1-5H3;2*1H;/q-1;;;+3/p-2. The Hall–Kier alpha value is -1.22. The Labute approximate surface area is 248 Å². The molecule has 36 heavy (non-hydrogen) atoms. The van der Waals surface area contributed by atoms with Crippen LogP contribution in [0.3, 0.4) is 0 Å². The van der Waals surface area contributed by atoms with E-state index in [-0.39, 0.29) is 56.9 Å². The molecule has 0 aliphatic heterocycles. The van der Waals surface area contributed by atoms with E-state index in [2.05, 4.69) is 106 Å². The molecule has 3 aromatic carbocycles. The molecule has 1 unspecified atom stereocenters. The maximum absolute atomic E-state index is 6.18. The predicted octanol–water partition coefficient (Wildman–Crippen LogP) is 0.349. The molecule has 2 aliphatic carbocycles. The van der Waals surface area contributed by atoms with Crippen LogP contribution < -0.4 is 35.3 Å². The second kappa shape index (κ2) is 12.5. The van der Waals surface area contributed by atoms with Gasteiger partial charge in [-0.2, -0.15) is 0 Å². The fraction of sp³-hybridized carbons (Fsp3) is 0.290. The van der Waals surface area contributed by atoms with E-state index in [0.29, 0.717) is 0 Å². The molecule has 0 heterocycles. The third-order valence-electron chi connectivity index (χ3n) is 6.71.